The van der Waals surface area contributed by atoms with E-state index in [1.807, 2.05) is 30.3 Å². The Morgan fingerprint density at radius 1 is 1.12 bits per heavy atom. The van der Waals surface area contributed by atoms with Crippen molar-refractivity contribution in [3.63, 3.8) is 0 Å². The molecule has 0 amide bonds. The van der Waals surface area contributed by atoms with Crippen LogP contribution in [0.4, 0.5) is 10.1 Å². The van der Waals surface area contributed by atoms with Crippen molar-refractivity contribution < 1.29 is 9.13 Å². The molecule has 0 radical (unpaired) electrons. The van der Waals surface area contributed by atoms with E-state index in [1.54, 1.807) is 25.4 Å². The van der Waals surface area contributed by atoms with E-state index in [0.717, 1.165) is 22.2 Å². The minimum atomic E-state index is -0.387. The number of nitriles is 1. The van der Waals surface area contributed by atoms with Crippen LogP contribution in [0, 0.1) is 23.1 Å². The number of fused-ring (bicyclic) bond motifs is 1. The quantitative estimate of drug-likeness (QED) is 0.422. The molecule has 1 atom stereocenters. The second-order valence-electron chi connectivity index (χ2n) is 8.29. The van der Waals surface area contributed by atoms with Gasteiger partial charge >= 0.3 is 0 Å². The van der Waals surface area contributed by atoms with Gasteiger partial charge in [0.25, 0.3) is 0 Å². The van der Waals surface area contributed by atoms with Crippen molar-refractivity contribution in [2.24, 2.45) is 5.92 Å². The molecule has 2 aromatic heterocycles. The molecular formula is C26H22FN5O. The molecule has 1 N–H and O–H groups in total. The molecule has 2 aromatic carbocycles. The molecule has 0 spiro atoms. The molecule has 0 aliphatic heterocycles. The number of pyridine rings is 1. The first kappa shape index (κ1) is 20.8. The molecule has 1 fully saturated rings. The third kappa shape index (κ3) is 3.96. The second-order valence-corrected chi connectivity index (χ2v) is 8.29. The van der Waals surface area contributed by atoms with Crippen molar-refractivity contribution in [1.82, 2.24) is 15.2 Å². The van der Waals surface area contributed by atoms with Crippen LogP contribution in [0.5, 0.6) is 5.75 Å². The van der Waals surface area contributed by atoms with Crippen molar-refractivity contribution in [3.05, 3.63) is 66.2 Å². The number of hydrogen-bond donors (Lipinski definition) is 1. The maximum atomic E-state index is 14.2. The SMILES string of the molecule is COc1cc(-c2ncccc2F)ccc1-c1ccc2c(N[C@H](C)C3CC3)c(C#N)nnc2c1. The summed E-state index contributed by atoms with van der Waals surface area (Å²) in [7, 11) is 1.58. The highest BCUT2D eigenvalue weighted by molar-refractivity contribution is 5.96. The van der Waals surface area contributed by atoms with E-state index in [9.17, 15) is 9.65 Å². The number of anilines is 1. The standard InChI is InChI=1S/C26H22FN5O/c1-15(16-5-6-16)30-26-20-10-7-17(12-22(20)31-32-23(26)14-28)19-9-8-18(13-24(19)33-2)25-21(27)4-3-11-29-25/h3-4,7-13,15-16H,5-6H2,1-2H3,(H,30,31)/t15-/m1/s1. The maximum Gasteiger partial charge on any atom is 0.186 e. The average molecular weight is 439 g/mol. The average Bonchev–Trinajstić information content (AvgIpc) is 3.69. The van der Waals surface area contributed by atoms with Gasteiger partial charge in [0.1, 0.15) is 23.3 Å². The number of benzene rings is 2. The molecule has 6 nitrogen and oxygen atoms in total. The molecule has 2 heterocycles. The van der Waals surface area contributed by atoms with Crippen LogP contribution in [-0.4, -0.2) is 28.3 Å². The van der Waals surface area contributed by atoms with E-state index in [-0.39, 0.29) is 17.6 Å². The molecule has 33 heavy (non-hydrogen) atoms. The minimum Gasteiger partial charge on any atom is -0.496 e. The Balaban J connectivity index is 1.56. The lowest BCUT2D eigenvalue weighted by molar-refractivity contribution is 0.416. The number of methoxy groups -OCH3 is 1. The number of nitrogens with zero attached hydrogens (tertiary/aromatic N) is 4. The molecule has 7 heteroatoms. The van der Waals surface area contributed by atoms with Gasteiger partial charge in [-0.15, -0.1) is 10.2 Å². The van der Waals surface area contributed by atoms with E-state index >= 15 is 0 Å². The topological polar surface area (TPSA) is 83.7 Å². The van der Waals surface area contributed by atoms with Gasteiger partial charge in [0, 0.05) is 28.8 Å². The van der Waals surface area contributed by atoms with Gasteiger partial charge in [-0.1, -0.05) is 12.1 Å². The summed E-state index contributed by atoms with van der Waals surface area (Å²) in [6, 6.07) is 16.7. The van der Waals surface area contributed by atoms with Crippen LogP contribution in [0.15, 0.2) is 54.7 Å². The molecule has 164 valence electrons. The van der Waals surface area contributed by atoms with Gasteiger partial charge in [-0.05, 0) is 67.6 Å². The number of halogens is 1. The van der Waals surface area contributed by atoms with Gasteiger partial charge in [0.05, 0.1) is 18.3 Å². The predicted molar refractivity (Wildman–Crippen MR) is 125 cm³/mol. The number of nitrogens with one attached hydrogen (secondary N) is 1. The normalized spacial score (nSPS) is 14.0. The molecule has 1 aliphatic rings. The fraction of sp³-hybridized carbons (Fsp3) is 0.231. The monoisotopic (exact) mass is 439 g/mol. The molecule has 0 saturated heterocycles. The zero-order valence-electron chi connectivity index (χ0n) is 18.3. The summed E-state index contributed by atoms with van der Waals surface area (Å²) >= 11 is 0. The number of hydrogen-bond acceptors (Lipinski definition) is 6. The number of ether oxygens (including phenoxy) is 1. The van der Waals surface area contributed by atoms with Crippen molar-refractivity contribution in [2.45, 2.75) is 25.8 Å². The summed E-state index contributed by atoms with van der Waals surface area (Å²) in [5.41, 5.74) is 4.33. The molecule has 0 unspecified atom stereocenters. The van der Waals surface area contributed by atoms with Crippen molar-refractivity contribution in [3.8, 4) is 34.2 Å². The Morgan fingerprint density at radius 2 is 1.94 bits per heavy atom. The first-order valence-corrected chi connectivity index (χ1v) is 10.9. The van der Waals surface area contributed by atoms with E-state index in [1.165, 1.54) is 18.9 Å². The third-order valence-corrected chi connectivity index (χ3v) is 6.11. The second kappa shape index (κ2) is 8.47. The van der Waals surface area contributed by atoms with Crippen LogP contribution in [0.1, 0.15) is 25.5 Å². The third-order valence-electron chi connectivity index (χ3n) is 6.11. The molecule has 4 aromatic rings. The van der Waals surface area contributed by atoms with Gasteiger partial charge in [0.15, 0.2) is 5.69 Å². The van der Waals surface area contributed by atoms with Crippen molar-refractivity contribution in [1.29, 1.82) is 5.26 Å². The fourth-order valence-electron chi connectivity index (χ4n) is 4.12. The van der Waals surface area contributed by atoms with Crippen LogP contribution in [-0.2, 0) is 0 Å². The highest BCUT2D eigenvalue weighted by Crippen LogP contribution is 2.38. The summed E-state index contributed by atoms with van der Waals surface area (Å²) in [6.07, 6.45) is 3.97. The van der Waals surface area contributed by atoms with E-state index in [0.29, 0.717) is 28.4 Å². The molecular weight excluding hydrogens is 417 g/mol. The Kier molecular flexibility index (Phi) is 5.35. The summed E-state index contributed by atoms with van der Waals surface area (Å²) < 4.78 is 19.8. The smallest absolute Gasteiger partial charge is 0.186 e. The molecule has 1 saturated carbocycles. The van der Waals surface area contributed by atoms with E-state index in [2.05, 4.69) is 33.5 Å². The van der Waals surface area contributed by atoms with Gasteiger partial charge < -0.3 is 10.1 Å². The number of rotatable bonds is 6. The maximum absolute atomic E-state index is 14.2. The largest absolute Gasteiger partial charge is 0.496 e. The minimum absolute atomic E-state index is 0.267. The van der Waals surface area contributed by atoms with Crippen LogP contribution in [0.25, 0.3) is 33.3 Å². The van der Waals surface area contributed by atoms with Gasteiger partial charge in [-0.25, -0.2) is 4.39 Å². The van der Waals surface area contributed by atoms with E-state index in [4.69, 9.17) is 4.74 Å². The highest BCUT2D eigenvalue weighted by atomic mass is 19.1. The Bertz CT molecular complexity index is 1390. The van der Waals surface area contributed by atoms with Crippen LogP contribution < -0.4 is 10.1 Å². The zero-order valence-corrected chi connectivity index (χ0v) is 18.3. The molecule has 0 bridgehead atoms. The van der Waals surface area contributed by atoms with Gasteiger partial charge in [-0.2, -0.15) is 5.26 Å². The van der Waals surface area contributed by atoms with Crippen molar-refractivity contribution in [2.75, 3.05) is 12.4 Å². The van der Waals surface area contributed by atoms with Gasteiger partial charge in [-0.3, -0.25) is 4.98 Å². The summed E-state index contributed by atoms with van der Waals surface area (Å²) in [6.45, 7) is 2.14. The van der Waals surface area contributed by atoms with Crippen LogP contribution >= 0.6 is 0 Å². The first-order chi connectivity index (χ1) is 16.1. The number of aromatic nitrogens is 3. The lowest BCUT2D eigenvalue weighted by Gasteiger charge is -2.17. The lowest BCUT2D eigenvalue weighted by Crippen LogP contribution is -2.19. The Hall–Kier alpha value is -4.05. The highest BCUT2D eigenvalue weighted by Gasteiger charge is 2.29. The lowest BCUT2D eigenvalue weighted by atomic mass is 9.99. The van der Waals surface area contributed by atoms with Gasteiger partial charge in [0.2, 0.25) is 0 Å². The predicted octanol–water partition coefficient (Wildman–Crippen LogP) is 5.59. The van der Waals surface area contributed by atoms with E-state index < -0.39 is 0 Å². The Labute approximate surface area is 191 Å². The summed E-state index contributed by atoms with van der Waals surface area (Å²) in [4.78, 5) is 4.15. The fourth-order valence-corrected chi connectivity index (χ4v) is 4.12. The first-order valence-electron chi connectivity index (χ1n) is 10.9. The summed E-state index contributed by atoms with van der Waals surface area (Å²) in [5, 5.41) is 22.3. The summed E-state index contributed by atoms with van der Waals surface area (Å²) in [5.74, 6) is 0.840. The van der Waals surface area contributed by atoms with Crippen LogP contribution in [0.2, 0.25) is 0 Å². The van der Waals surface area contributed by atoms with Crippen LogP contribution in [0.3, 0.4) is 0 Å². The Morgan fingerprint density at radius 3 is 2.67 bits per heavy atom. The zero-order chi connectivity index (χ0) is 22.9. The molecule has 1 aliphatic carbocycles. The van der Waals surface area contributed by atoms with Crippen molar-refractivity contribution >= 4 is 16.6 Å². The molecule has 5 rings (SSSR count).